The lowest BCUT2D eigenvalue weighted by molar-refractivity contribution is -0.140. The van der Waals surface area contributed by atoms with Crippen LogP contribution in [-0.4, -0.2) is 56.1 Å². The second kappa shape index (κ2) is 10.3. The van der Waals surface area contributed by atoms with E-state index in [-0.39, 0.29) is 9.79 Å². The highest BCUT2D eigenvalue weighted by molar-refractivity contribution is 7.89. The van der Waals surface area contributed by atoms with Crippen molar-refractivity contribution in [3.63, 3.8) is 0 Å². The molecule has 0 aliphatic carbocycles. The van der Waals surface area contributed by atoms with Gasteiger partial charge in [-0.15, -0.1) is 0 Å². The summed E-state index contributed by atoms with van der Waals surface area (Å²) in [5, 5.41) is 0. The number of rotatable bonds is 10. The molecule has 0 saturated carbocycles. The number of esters is 2. The molecule has 0 aliphatic rings. The summed E-state index contributed by atoms with van der Waals surface area (Å²) in [4.78, 5) is 22.0. The molecule has 0 saturated heterocycles. The van der Waals surface area contributed by atoms with Crippen molar-refractivity contribution in [1.29, 1.82) is 0 Å². The molecule has 0 atom stereocenters. The first-order valence-corrected chi connectivity index (χ1v) is 11.5. The summed E-state index contributed by atoms with van der Waals surface area (Å²) in [6.07, 6.45) is 0. The van der Waals surface area contributed by atoms with E-state index in [1.807, 2.05) is 0 Å². The minimum Gasteiger partial charge on any atom is -0.468 e. The van der Waals surface area contributed by atoms with Crippen molar-refractivity contribution in [2.24, 2.45) is 0 Å². The van der Waals surface area contributed by atoms with E-state index in [2.05, 4.69) is 18.9 Å². The molecule has 0 unspecified atom stereocenters. The SMILES string of the molecule is COC(=O)CNS(=O)(=O)c1ccc(Oc2ccc(S(=O)(=O)NCC(=O)OC)cc2)cc1. The van der Waals surface area contributed by atoms with Crippen LogP contribution in [0.5, 0.6) is 11.5 Å². The second-order valence-electron chi connectivity index (χ2n) is 5.85. The summed E-state index contributed by atoms with van der Waals surface area (Å²) in [5.41, 5.74) is 0. The lowest BCUT2D eigenvalue weighted by Gasteiger charge is -2.09. The zero-order valence-electron chi connectivity index (χ0n) is 16.5. The average Bonchev–Trinajstić information content (AvgIpc) is 2.76. The molecule has 0 aromatic heterocycles. The molecule has 31 heavy (non-hydrogen) atoms. The smallest absolute Gasteiger partial charge is 0.320 e. The van der Waals surface area contributed by atoms with Crippen molar-refractivity contribution in [1.82, 2.24) is 9.44 Å². The number of hydrogen-bond donors (Lipinski definition) is 2. The van der Waals surface area contributed by atoms with Gasteiger partial charge in [-0.25, -0.2) is 16.8 Å². The average molecular weight is 472 g/mol. The summed E-state index contributed by atoms with van der Waals surface area (Å²) in [6, 6.07) is 10.7. The van der Waals surface area contributed by atoms with Crippen LogP contribution in [0.15, 0.2) is 58.3 Å². The summed E-state index contributed by atoms with van der Waals surface area (Å²) >= 11 is 0. The highest BCUT2D eigenvalue weighted by Crippen LogP contribution is 2.24. The van der Waals surface area contributed by atoms with Gasteiger partial charge in [-0.2, -0.15) is 9.44 Å². The Balaban J connectivity index is 2.04. The van der Waals surface area contributed by atoms with Crippen LogP contribution in [0.2, 0.25) is 0 Å². The quantitative estimate of drug-likeness (QED) is 0.467. The van der Waals surface area contributed by atoms with Gasteiger partial charge in [0, 0.05) is 0 Å². The van der Waals surface area contributed by atoms with Crippen LogP contribution in [0.3, 0.4) is 0 Å². The van der Waals surface area contributed by atoms with Crippen LogP contribution in [0.4, 0.5) is 0 Å². The van der Waals surface area contributed by atoms with Crippen molar-refractivity contribution in [3.8, 4) is 11.5 Å². The number of nitrogens with one attached hydrogen (secondary N) is 2. The standard InChI is InChI=1S/C18H20N2O9S2/c1-27-17(21)11-19-30(23,24)15-7-3-13(4-8-15)29-14-5-9-16(10-6-14)31(25,26)20-12-18(22)28-2/h3-10,19-20H,11-12H2,1-2H3. The lowest BCUT2D eigenvalue weighted by Crippen LogP contribution is -2.30. The highest BCUT2D eigenvalue weighted by Gasteiger charge is 2.17. The molecule has 0 bridgehead atoms. The molecule has 168 valence electrons. The molecule has 0 aliphatic heterocycles. The van der Waals surface area contributed by atoms with Crippen molar-refractivity contribution >= 4 is 32.0 Å². The molecule has 0 radical (unpaired) electrons. The molecule has 2 rings (SSSR count). The van der Waals surface area contributed by atoms with Gasteiger partial charge in [-0.05, 0) is 48.5 Å². The van der Waals surface area contributed by atoms with Gasteiger partial charge in [0.1, 0.15) is 24.6 Å². The normalized spacial score (nSPS) is 11.5. The molecule has 2 aromatic rings. The monoisotopic (exact) mass is 472 g/mol. The van der Waals surface area contributed by atoms with E-state index in [1.54, 1.807) is 0 Å². The van der Waals surface area contributed by atoms with Gasteiger partial charge in [0.2, 0.25) is 20.0 Å². The number of hydrogen-bond acceptors (Lipinski definition) is 9. The van der Waals surface area contributed by atoms with Crippen LogP contribution in [-0.2, 0) is 39.1 Å². The van der Waals surface area contributed by atoms with E-state index < -0.39 is 45.1 Å². The van der Waals surface area contributed by atoms with E-state index in [0.29, 0.717) is 11.5 Å². The number of carbonyl (C=O) groups excluding carboxylic acids is 2. The molecule has 2 N–H and O–H groups in total. The van der Waals surface area contributed by atoms with Crippen molar-refractivity contribution in [3.05, 3.63) is 48.5 Å². The number of sulfonamides is 2. The number of ether oxygens (including phenoxy) is 3. The zero-order valence-corrected chi connectivity index (χ0v) is 18.2. The van der Waals surface area contributed by atoms with Crippen molar-refractivity contribution < 1.29 is 40.6 Å². The molecule has 0 spiro atoms. The molecule has 11 nitrogen and oxygen atoms in total. The minimum absolute atomic E-state index is 0.0816. The fourth-order valence-corrected chi connectivity index (χ4v) is 4.07. The van der Waals surface area contributed by atoms with Gasteiger partial charge in [-0.1, -0.05) is 0 Å². The molecule has 0 heterocycles. The van der Waals surface area contributed by atoms with E-state index in [4.69, 9.17) is 4.74 Å². The topological polar surface area (TPSA) is 154 Å². The zero-order chi connectivity index (χ0) is 23.1. The fraction of sp³-hybridized carbons (Fsp3) is 0.222. The van der Waals surface area contributed by atoms with Crippen LogP contribution < -0.4 is 14.2 Å². The Morgan fingerprint density at radius 2 is 1.00 bits per heavy atom. The van der Waals surface area contributed by atoms with Gasteiger partial charge >= 0.3 is 11.9 Å². The fourth-order valence-electron chi connectivity index (χ4n) is 2.13. The maximum Gasteiger partial charge on any atom is 0.320 e. The van der Waals surface area contributed by atoms with E-state index in [9.17, 15) is 26.4 Å². The Morgan fingerprint density at radius 3 is 1.29 bits per heavy atom. The summed E-state index contributed by atoms with van der Waals surface area (Å²) < 4.78 is 67.0. The highest BCUT2D eigenvalue weighted by atomic mass is 32.2. The first-order chi connectivity index (χ1) is 14.6. The Labute approximate surface area is 179 Å². The minimum atomic E-state index is -3.90. The second-order valence-corrected chi connectivity index (χ2v) is 9.38. The third kappa shape index (κ3) is 7.03. The molecular formula is C18H20N2O9S2. The maximum atomic E-state index is 12.1. The van der Waals surface area contributed by atoms with E-state index in [1.165, 1.54) is 48.5 Å². The predicted molar refractivity (Wildman–Crippen MR) is 107 cm³/mol. The summed E-state index contributed by atoms with van der Waals surface area (Å²) in [6.45, 7) is -0.998. The molecule has 0 fully saturated rings. The molecule has 13 heteroatoms. The summed E-state index contributed by atoms with van der Waals surface area (Å²) in [5.74, 6) is -0.860. The van der Waals surface area contributed by atoms with Crippen LogP contribution in [0.1, 0.15) is 0 Å². The van der Waals surface area contributed by atoms with Crippen LogP contribution in [0, 0.1) is 0 Å². The van der Waals surface area contributed by atoms with Crippen molar-refractivity contribution in [2.75, 3.05) is 27.3 Å². The van der Waals surface area contributed by atoms with E-state index in [0.717, 1.165) is 14.2 Å². The van der Waals surface area contributed by atoms with Crippen molar-refractivity contribution in [2.45, 2.75) is 9.79 Å². The van der Waals surface area contributed by atoms with Crippen LogP contribution >= 0.6 is 0 Å². The Hall–Kier alpha value is -3.00. The Kier molecular flexibility index (Phi) is 8.10. The number of methoxy groups -OCH3 is 2. The summed E-state index contributed by atoms with van der Waals surface area (Å²) in [7, 11) is -5.52. The first kappa shape index (κ1) is 24.3. The lowest BCUT2D eigenvalue weighted by atomic mass is 10.3. The van der Waals surface area contributed by atoms with Gasteiger partial charge in [-0.3, -0.25) is 9.59 Å². The van der Waals surface area contributed by atoms with Gasteiger partial charge in [0.05, 0.1) is 24.0 Å². The molecular weight excluding hydrogens is 452 g/mol. The Morgan fingerprint density at radius 1 is 0.677 bits per heavy atom. The number of carbonyl (C=O) groups is 2. The predicted octanol–water partition coefficient (Wildman–Crippen LogP) is 0.382. The third-order valence-electron chi connectivity index (χ3n) is 3.77. The van der Waals surface area contributed by atoms with Gasteiger partial charge in [0.15, 0.2) is 0 Å². The van der Waals surface area contributed by atoms with E-state index >= 15 is 0 Å². The number of benzene rings is 2. The Bertz CT molecular complexity index is 1040. The van der Waals surface area contributed by atoms with Gasteiger partial charge < -0.3 is 14.2 Å². The largest absolute Gasteiger partial charge is 0.468 e. The maximum absolute atomic E-state index is 12.1. The van der Waals surface area contributed by atoms with Crippen LogP contribution in [0.25, 0.3) is 0 Å². The molecule has 2 aromatic carbocycles. The third-order valence-corrected chi connectivity index (χ3v) is 6.61. The molecule has 0 amide bonds. The van der Waals surface area contributed by atoms with Gasteiger partial charge in [0.25, 0.3) is 0 Å². The first-order valence-electron chi connectivity index (χ1n) is 8.58.